The van der Waals surface area contributed by atoms with Crippen molar-refractivity contribution in [3.05, 3.63) is 82.0 Å². The number of ether oxygens (including phenoxy) is 1. The van der Waals surface area contributed by atoms with Crippen LogP contribution in [0, 0.1) is 6.92 Å². The Hall–Kier alpha value is -3.70. The fraction of sp³-hybridized carbons (Fsp3) is 0.269. The molecule has 0 aliphatic carbocycles. The summed E-state index contributed by atoms with van der Waals surface area (Å²) in [6.45, 7) is 2.55. The molecule has 11 heteroatoms. The van der Waals surface area contributed by atoms with Gasteiger partial charge in [-0.15, -0.1) is 11.3 Å². The molecule has 1 atom stereocenters. The number of amides is 3. The van der Waals surface area contributed by atoms with Crippen LogP contribution < -0.4 is 10.1 Å². The molecule has 2 aromatic carbocycles. The second-order valence-corrected chi connectivity index (χ2v) is 11.5. The van der Waals surface area contributed by atoms with Crippen LogP contribution in [0.15, 0.2) is 70.9 Å². The van der Waals surface area contributed by atoms with Gasteiger partial charge < -0.3 is 19.9 Å². The van der Waals surface area contributed by atoms with Crippen LogP contribution in [0.25, 0.3) is 0 Å². The SMILES string of the molecule is COc1ccc(C(=O)N2CCN(C(=O)[C@H](NC(=O)c3cccs3)S(=O)(=O)c3ccc(C)cc3)CC2)cc1. The number of nitrogens with zero attached hydrogens (tertiary/aromatic N) is 2. The van der Waals surface area contributed by atoms with Crippen LogP contribution in [0.2, 0.25) is 0 Å². The molecule has 0 radical (unpaired) electrons. The highest BCUT2D eigenvalue weighted by atomic mass is 32.2. The van der Waals surface area contributed by atoms with Gasteiger partial charge in [0.2, 0.25) is 15.2 Å². The Bertz CT molecular complexity index is 1360. The number of sulfone groups is 1. The number of rotatable bonds is 7. The summed E-state index contributed by atoms with van der Waals surface area (Å²) in [5.74, 6) is -0.929. The first kappa shape index (κ1) is 26.4. The van der Waals surface area contributed by atoms with Crippen LogP contribution in [0.4, 0.5) is 0 Å². The van der Waals surface area contributed by atoms with E-state index < -0.39 is 27.0 Å². The summed E-state index contributed by atoms with van der Waals surface area (Å²) in [6, 6.07) is 16.1. The third-order valence-corrected chi connectivity index (χ3v) is 8.84. The van der Waals surface area contributed by atoms with E-state index in [1.54, 1.807) is 65.9 Å². The molecule has 0 bridgehead atoms. The van der Waals surface area contributed by atoms with Gasteiger partial charge in [0.15, 0.2) is 0 Å². The van der Waals surface area contributed by atoms with E-state index in [0.29, 0.717) is 16.2 Å². The molecule has 1 aliphatic heterocycles. The molecular weight excluding hydrogens is 514 g/mol. The first-order valence-electron chi connectivity index (χ1n) is 11.6. The lowest BCUT2D eigenvalue weighted by molar-refractivity contribution is -0.132. The quantitative estimate of drug-likeness (QED) is 0.492. The van der Waals surface area contributed by atoms with E-state index in [1.807, 2.05) is 6.92 Å². The zero-order chi connectivity index (χ0) is 26.6. The van der Waals surface area contributed by atoms with Crippen LogP contribution in [0.1, 0.15) is 25.6 Å². The van der Waals surface area contributed by atoms with Crippen molar-refractivity contribution in [3.63, 3.8) is 0 Å². The Morgan fingerprint density at radius 2 is 1.54 bits per heavy atom. The molecule has 0 saturated carbocycles. The standard InChI is InChI=1S/C26H27N3O6S2/c1-18-5-11-21(12-6-18)37(33,34)24(27-23(30)22-4-3-17-36-22)26(32)29-15-13-28(14-16-29)25(31)19-7-9-20(35-2)10-8-19/h3-12,17,24H,13-16H2,1-2H3,(H,27,30)/t24-/m1/s1. The summed E-state index contributed by atoms with van der Waals surface area (Å²) in [5.41, 5.74) is 1.35. The van der Waals surface area contributed by atoms with Crippen molar-refractivity contribution in [2.24, 2.45) is 0 Å². The maximum atomic E-state index is 13.5. The molecule has 1 saturated heterocycles. The van der Waals surface area contributed by atoms with E-state index in [9.17, 15) is 22.8 Å². The predicted octanol–water partition coefficient (Wildman–Crippen LogP) is 2.58. The molecule has 3 amide bonds. The van der Waals surface area contributed by atoms with Gasteiger partial charge >= 0.3 is 0 Å². The van der Waals surface area contributed by atoms with Crippen molar-refractivity contribution < 1.29 is 27.5 Å². The van der Waals surface area contributed by atoms with E-state index in [0.717, 1.165) is 16.9 Å². The summed E-state index contributed by atoms with van der Waals surface area (Å²) < 4.78 is 32.1. The smallest absolute Gasteiger partial charge is 0.262 e. The van der Waals surface area contributed by atoms with E-state index in [1.165, 1.54) is 17.0 Å². The summed E-state index contributed by atoms with van der Waals surface area (Å²) in [5, 5.41) is 2.34. The van der Waals surface area contributed by atoms with E-state index >= 15 is 0 Å². The average Bonchev–Trinajstić information content (AvgIpc) is 3.46. The Kier molecular flexibility index (Phi) is 7.94. The molecule has 1 fully saturated rings. The van der Waals surface area contributed by atoms with Gasteiger partial charge in [-0.2, -0.15) is 0 Å². The molecule has 37 heavy (non-hydrogen) atoms. The molecule has 1 N–H and O–H groups in total. The zero-order valence-electron chi connectivity index (χ0n) is 20.4. The number of nitrogens with one attached hydrogen (secondary N) is 1. The Balaban J connectivity index is 1.51. The second-order valence-electron chi connectivity index (χ2n) is 8.53. The van der Waals surface area contributed by atoms with Gasteiger partial charge in [0.1, 0.15) is 5.75 Å². The Morgan fingerprint density at radius 1 is 0.919 bits per heavy atom. The van der Waals surface area contributed by atoms with Gasteiger partial charge in [-0.1, -0.05) is 23.8 Å². The molecule has 4 rings (SSSR count). The molecular formula is C26H27N3O6S2. The molecule has 0 unspecified atom stereocenters. The summed E-state index contributed by atoms with van der Waals surface area (Å²) in [6.07, 6.45) is 0. The zero-order valence-corrected chi connectivity index (χ0v) is 22.1. The topological polar surface area (TPSA) is 113 Å². The van der Waals surface area contributed by atoms with E-state index in [2.05, 4.69) is 5.32 Å². The Labute approximate surface area is 219 Å². The normalized spacial score (nSPS) is 14.6. The monoisotopic (exact) mass is 541 g/mol. The lowest BCUT2D eigenvalue weighted by atomic mass is 10.1. The number of methoxy groups -OCH3 is 1. The minimum absolute atomic E-state index is 0.0590. The number of carbonyl (C=O) groups is 3. The highest BCUT2D eigenvalue weighted by Gasteiger charge is 2.39. The summed E-state index contributed by atoms with van der Waals surface area (Å²) in [7, 11) is -2.70. The van der Waals surface area contributed by atoms with Crippen LogP contribution in [-0.2, 0) is 14.6 Å². The number of carbonyl (C=O) groups excluding carboxylic acids is 3. The Morgan fingerprint density at radius 3 is 2.11 bits per heavy atom. The highest BCUT2D eigenvalue weighted by Crippen LogP contribution is 2.20. The fourth-order valence-corrected chi connectivity index (χ4v) is 6.04. The predicted molar refractivity (Wildman–Crippen MR) is 139 cm³/mol. The number of hydrogen-bond donors (Lipinski definition) is 1. The minimum atomic E-state index is -4.24. The third kappa shape index (κ3) is 5.83. The van der Waals surface area contributed by atoms with Gasteiger partial charge in [0.05, 0.1) is 16.9 Å². The number of benzene rings is 2. The van der Waals surface area contributed by atoms with Crippen molar-refractivity contribution >= 4 is 38.9 Å². The first-order valence-corrected chi connectivity index (χ1v) is 14.0. The maximum Gasteiger partial charge on any atom is 0.262 e. The molecule has 0 spiro atoms. The van der Waals surface area contributed by atoms with Gasteiger partial charge in [0.25, 0.3) is 17.7 Å². The molecule has 1 aliphatic rings. The van der Waals surface area contributed by atoms with Crippen molar-refractivity contribution in [3.8, 4) is 5.75 Å². The number of hydrogen-bond acceptors (Lipinski definition) is 7. The molecule has 2 heterocycles. The highest BCUT2D eigenvalue weighted by molar-refractivity contribution is 7.92. The van der Waals surface area contributed by atoms with Gasteiger partial charge in [0, 0.05) is 31.7 Å². The van der Waals surface area contributed by atoms with Crippen LogP contribution in [0.3, 0.4) is 0 Å². The lowest BCUT2D eigenvalue weighted by Crippen LogP contribution is -2.57. The van der Waals surface area contributed by atoms with Gasteiger partial charge in [-0.3, -0.25) is 14.4 Å². The average molecular weight is 542 g/mol. The van der Waals surface area contributed by atoms with Crippen LogP contribution in [0.5, 0.6) is 5.75 Å². The summed E-state index contributed by atoms with van der Waals surface area (Å²) >= 11 is 1.15. The second kappa shape index (κ2) is 11.1. The van der Waals surface area contributed by atoms with E-state index in [-0.39, 0.29) is 37.0 Å². The number of aryl methyl sites for hydroxylation is 1. The molecule has 9 nitrogen and oxygen atoms in total. The van der Waals surface area contributed by atoms with Gasteiger partial charge in [-0.05, 0) is 54.8 Å². The lowest BCUT2D eigenvalue weighted by Gasteiger charge is -2.36. The van der Waals surface area contributed by atoms with Crippen molar-refractivity contribution in [1.82, 2.24) is 15.1 Å². The minimum Gasteiger partial charge on any atom is -0.497 e. The fourth-order valence-electron chi connectivity index (χ4n) is 3.95. The van der Waals surface area contributed by atoms with Crippen molar-refractivity contribution in [2.75, 3.05) is 33.3 Å². The van der Waals surface area contributed by atoms with Crippen molar-refractivity contribution in [1.29, 1.82) is 0 Å². The van der Waals surface area contributed by atoms with E-state index in [4.69, 9.17) is 4.74 Å². The maximum absolute atomic E-state index is 13.5. The largest absolute Gasteiger partial charge is 0.497 e. The van der Waals surface area contributed by atoms with Crippen LogP contribution in [-0.4, -0.2) is 74.6 Å². The number of piperazine rings is 1. The van der Waals surface area contributed by atoms with Crippen LogP contribution >= 0.6 is 11.3 Å². The molecule has 1 aromatic heterocycles. The summed E-state index contributed by atoms with van der Waals surface area (Å²) in [4.78, 5) is 42.4. The first-order chi connectivity index (χ1) is 17.7. The third-order valence-electron chi connectivity index (χ3n) is 6.11. The van der Waals surface area contributed by atoms with Gasteiger partial charge in [-0.25, -0.2) is 8.42 Å². The van der Waals surface area contributed by atoms with Crippen molar-refractivity contribution in [2.45, 2.75) is 17.2 Å². The molecule has 194 valence electrons. The number of thiophene rings is 1. The molecule has 3 aromatic rings.